The van der Waals surface area contributed by atoms with Crippen molar-refractivity contribution < 1.29 is 9.52 Å². The molecule has 5 heteroatoms. The smallest absolute Gasteiger partial charge is 0.247 e. The van der Waals surface area contributed by atoms with Gasteiger partial charge >= 0.3 is 0 Å². The van der Waals surface area contributed by atoms with Crippen LogP contribution in [0.1, 0.15) is 31.6 Å². The van der Waals surface area contributed by atoms with Gasteiger partial charge in [-0.2, -0.15) is 0 Å². The van der Waals surface area contributed by atoms with E-state index >= 15 is 0 Å². The van der Waals surface area contributed by atoms with E-state index in [4.69, 9.17) is 4.42 Å². The van der Waals surface area contributed by atoms with Crippen molar-refractivity contribution in [2.75, 3.05) is 0 Å². The highest BCUT2D eigenvalue weighted by atomic mass is 16.4. The fourth-order valence-electron chi connectivity index (χ4n) is 3.67. The van der Waals surface area contributed by atoms with Crippen LogP contribution in [0.2, 0.25) is 0 Å². The van der Waals surface area contributed by atoms with Crippen LogP contribution in [0.25, 0.3) is 11.5 Å². The average molecular weight is 285 g/mol. The molecule has 0 radical (unpaired) electrons. The number of hydrogen-bond acceptors (Lipinski definition) is 5. The van der Waals surface area contributed by atoms with Crippen LogP contribution in [0, 0.1) is 0 Å². The monoisotopic (exact) mass is 285 g/mol. The highest BCUT2D eigenvalue weighted by Gasteiger charge is 2.40. The molecular weight excluding hydrogens is 266 g/mol. The SMILES string of the molecule is OC1CC2CCC(C1)N2Cc1nnc(-c2ccccc2)o1. The van der Waals surface area contributed by atoms with E-state index in [1.165, 1.54) is 12.8 Å². The van der Waals surface area contributed by atoms with Crippen LogP contribution in [-0.2, 0) is 6.54 Å². The van der Waals surface area contributed by atoms with Crippen LogP contribution in [0.5, 0.6) is 0 Å². The molecule has 2 fully saturated rings. The van der Waals surface area contributed by atoms with Crippen molar-refractivity contribution in [3.8, 4) is 11.5 Å². The van der Waals surface area contributed by atoms with Crippen molar-refractivity contribution in [1.82, 2.24) is 15.1 Å². The van der Waals surface area contributed by atoms with Crippen molar-refractivity contribution >= 4 is 0 Å². The summed E-state index contributed by atoms with van der Waals surface area (Å²) < 4.78 is 5.80. The predicted molar refractivity (Wildman–Crippen MR) is 77.3 cm³/mol. The molecule has 2 atom stereocenters. The average Bonchev–Trinajstić information content (AvgIpc) is 3.05. The minimum absolute atomic E-state index is 0.138. The van der Waals surface area contributed by atoms with E-state index in [0.29, 0.717) is 30.4 Å². The lowest BCUT2D eigenvalue weighted by Crippen LogP contribution is -2.44. The summed E-state index contributed by atoms with van der Waals surface area (Å²) in [6, 6.07) is 10.8. The van der Waals surface area contributed by atoms with Crippen LogP contribution >= 0.6 is 0 Å². The summed E-state index contributed by atoms with van der Waals surface area (Å²) in [6.07, 6.45) is 3.94. The third-order valence-electron chi connectivity index (χ3n) is 4.66. The van der Waals surface area contributed by atoms with Gasteiger partial charge in [0, 0.05) is 17.6 Å². The topological polar surface area (TPSA) is 62.4 Å². The summed E-state index contributed by atoms with van der Waals surface area (Å²) in [5.41, 5.74) is 0.952. The Labute approximate surface area is 123 Å². The Morgan fingerprint density at radius 1 is 1.10 bits per heavy atom. The van der Waals surface area contributed by atoms with Gasteiger partial charge < -0.3 is 9.52 Å². The highest BCUT2D eigenvalue weighted by Crippen LogP contribution is 2.36. The Morgan fingerprint density at radius 2 is 1.81 bits per heavy atom. The second-order valence-electron chi connectivity index (χ2n) is 6.05. The Hall–Kier alpha value is -1.72. The van der Waals surface area contributed by atoms with Gasteiger partial charge in [-0.25, -0.2) is 0 Å². The van der Waals surface area contributed by atoms with Gasteiger partial charge in [0.15, 0.2) is 0 Å². The van der Waals surface area contributed by atoms with Gasteiger partial charge in [0.05, 0.1) is 12.6 Å². The fraction of sp³-hybridized carbons (Fsp3) is 0.500. The molecular formula is C16H19N3O2. The van der Waals surface area contributed by atoms with Crippen LogP contribution < -0.4 is 0 Å². The van der Waals surface area contributed by atoms with Crippen LogP contribution in [0.4, 0.5) is 0 Å². The van der Waals surface area contributed by atoms with Crippen molar-refractivity contribution in [3.63, 3.8) is 0 Å². The number of hydrogen-bond donors (Lipinski definition) is 1. The molecule has 2 aromatic rings. The van der Waals surface area contributed by atoms with E-state index < -0.39 is 0 Å². The zero-order valence-electron chi connectivity index (χ0n) is 11.9. The molecule has 5 nitrogen and oxygen atoms in total. The minimum atomic E-state index is -0.138. The number of rotatable bonds is 3. The molecule has 4 rings (SSSR count). The first kappa shape index (κ1) is 13.0. The van der Waals surface area contributed by atoms with Gasteiger partial charge in [-0.05, 0) is 37.8 Å². The molecule has 1 N–H and O–H groups in total. The van der Waals surface area contributed by atoms with E-state index in [0.717, 1.165) is 18.4 Å². The van der Waals surface area contributed by atoms with E-state index in [-0.39, 0.29) is 6.10 Å². The normalized spacial score (nSPS) is 28.9. The Morgan fingerprint density at radius 3 is 2.52 bits per heavy atom. The quantitative estimate of drug-likeness (QED) is 0.937. The summed E-state index contributed by atoms with van der Waals surface area (Å²) in [4.78, 5) is 2.43. The lowest BCUT2D eigenvalue weighted by atomic mass is 10.00. The number of aliphatic hydroxyl groups excluding tert-OH is 1. The Bertz CT molecular complexity index is 599. The lowest BCUT2D eigenvalue weighted by molar-refractivity contribution is 0.0267. The van der Waals surface area contributed by atoms with Crippen LogP contribution in [0.15, 0.2) is 34.7 Å². The third-order valence-corrected chi connectivity index (χ3v) is 4.66. The molecule has 2 saturated heterocycles. The van der Waals surface area contributed by atoms with Gasteiger partial charge in [0.1, 0.15) is 0 Å². The standard InChI is InChI=1S/C16H19N3O2/c20-14-8-12-6-7-13(9-14)19(12)10-15-17-18-16(21-15)11-4-2-1-3-5-11/h1-5,12-14,20H,6-10H2. The summed E-state index contributed by atoms with van der Waals surface area (Å²) >= 11 is 0. The van der Waals surface area contributed by atoms with E-state index in [1.807, 2.05) is 30.3 Å². The molecule has 0 spiro atoms. The van der Waals surface area contributed by atoms with E-state index in [2.05, 4.69) is 15.1 Å². The van der Waals surface area contributed by atoms with Gasteiger partial charge in [-0.3, -0.25) is 4.90 Å². The maximum absolute atomic E-state index is 9.85. The number of fused-ring (bicyclic) bond motifs is 2. The van der Waals surface area contributed by atoms with Crippen molar-refractivity contribution in [2.45, 2.75) is 50.4 Å². The molecule has 3 heterocycles. The van der Waals surface area contributed by atoms with E-state index in [9.17, 15) is 5.11 Å². The molecule has 2 aliphatic heterocycles. The maximum Gasteiger partial charge on any atom is 0.247 e. The molecule has 1 aromatic heterocycles. The molecule has 2 unspecified atom stereocenters. The summed E-state index contributed by atoms with van der Waals surface area (Å²) in [5.74, 6) is 1.25. The molecule has 0 amide bonds. The number of benzene rings is 1. The first-order chi connectivity index (χ1) is 10.3. The lowest BCUT2D eigenvalue weighted by Gasteiger charge is -2.36. The fourth-order valence-corrected chi connectivity index (χ4v) is 3.67. The summed E-state index contributed by atoms with van der Waals surface area (Å²) in [6.45, 7) is 0.696. The van der Waals surface area contributed by atoms with Crippen LogP contribution in [0.3, 0.4) is 0 Å². The number of nitrogens with zero attached hydrogens (tertiary/aromatic N) is 3. The number of aromatic nitrogens is 2. The Balaban J connectivity index is 1.50. The molecule has 0 aliphatic carbocycles. The highest BCUT2D eigenvalue weighted by molar-refractivity contribution is 5.51. The first-order valence-corrected chi connectivity index (χ1v) is 7.61. The molecule has 2 bridgehead atoms. The molecule has 110 valence electrons. The number of piperidine rings is 1. The van der Waals surface area contributed by atoms with Crippen LogP contribution in [-0.4, -0.2) is 38.4 Å². The van der Waals surface area contributed by atoms with E-state index in [1.54, 1.807) is 0 Å². The molecule has 21 heavy (non-hydrogen) atoms. The third kappa shape index (κ3) is 2.47. The first-order valence-electron chi connectivity index (χ1n) is 7.61. The van der Waals surface area contributed by atoms with Gasteiger partial charge in [0.25, 0.3) is 0 Å². The summed E-state index contributed by atoms with van der Waals surface area (Å²) in [7, 11) is 0. The molecule has 2 aliphatic rings. The van der Waals surface area contributed by atoms with Gasteiger partial charge in [-0.1, -0.05) is 18.2 Å². The summed E-state index contributed by atoms with van der Waals surface area (Å²) in [5, 5.41) is 18.2. The molecule has 1 aromatic carbocycles. The minimum Gasteiger partial charge on any atom is -0.419 e. The predicted octanol–water partition coefficient (Wildman–Crippen LogP) is 2.22. The van der Waals surface area contributed by atoms with Crippen molar-refractivity contribution in [2.24, 2.45) is 0 Å². The Kier molecular flexibility index (Phi) is 3.24. The number of aliphatic hydroxyl groups is 1. The molecule has 0 saturated carbocycles. The second-order valence-corrected chi connectivity index (χ2v) is 6.05. The zero-order chi connectivity index (χ0) is 14.2. The van der Waals surface area contributed by atoms with Crippen molar-refractivity contribution in [3.05, 3.63) is 36.2 Å². The maximum atomic E-state index is 9.85. The van der Waals surface area contributed by atoms with Crippen molar-refractivity contribution in [1.29, 1.82) is 0 Å². The zero-order valence-corrected chi connectivity index (χ0v) is 11.9. The van der Waals surface area contributed by atoms with Gasteiger partial charge in [-0.15, -0.1) is 10.2 Å². The van der Waals surface area contributed by atoms with Gasteiger partial charge in [0.2, 0.25) is 11.8 Å². The largest absolute Gasteiger partial charge is 0.419 e. The second kappa shape index (κ2) is 5.24.